The van der Waals surface area contributed by atoms with Gasteiger partial charge in [0.1, 0.15) is 6.04 Å². The molecule has 134 valence electrons. The number of rotatable bonds is 5. The molecular formula is C18H16BrN3O4. The Hall–Kier alpha value is -2.87. The van der Waals surface area contributed by atoms with Crippen LogP contribution in [0.1, 0.15) is 13.0 Å². The minimum atomic E-state index is -0.813. The van der Waals surface area contributed by atoms with Crippen molar-refractivity contribution in [3.05, 3.63) is 63.6 Å². The summed E-state index contributed by atoms with van der Waals surface area (Å²) in [4.78, 5) is 36.3. The summed E-state index contributed by atoms with van der Waals surface area (Å²) in [6, 6.07) is 13.1. The van der Waals surface area contributed by atoms with Gasteiger partial charge in [0.2, 0.25) is 11.8 Å². The molecule has 2 amide bonds. The zero-order chi connectivity index (χ0) is 18.7. The first-order valence-electron chi connectivity index (χ1n) is 7.89. The smallest absolute Gasteiger partial charge is 0.408 e. The lowest BCUT2D eigenvalue weighted by Crippen LogP contribution is -2.38. The number of nitrogens with zero attached hydrogens (tertiary/aromatic N) is 1. The SMILES string of the molecule is CC(C(=O)NCC(=O)Nc1ccc(Br)cc1)n1c(=O)oc2ccccc21. The Kier molecular flexibility index (Phi) is 5.22. The Bertz CT molecular complexity index is 1010. The highest BCUT2D eigenvalue weighted by Crippen LogP contribution is 2.17. The molecule has 2 N–H and O–H groups in total. The van der Waals surface area contributed by atoms with Crippen LogP contribution in [0.2, 0.25) is 0 Å². The maximum atomic E-state index is 12.3. The van der Waals surface area contributed by atoms with Crippen molar-refractivity contribution in [2.24, 2.45) is 0 Å². The molecule has 2 aromatic carbocycles. The molecule has 7 nitrogen and oxygen atoms in total. The molecule has 0 aliphatic rings. The molecule has 1 heterocycles. The van der Waals surface area contributed by atoms with Gasteiger partial charge in [-0.1, -0.05) is 28.1 Å². The van der Waals surface area contributed by atoms with Gasteiger partial charge in [0.15, 0.2) is 5.58 Å². The number of oxazole rings is 1. The Morgan fingerprint density at radius 1 is 1.15 bits per heavy atom. The van der Waals surface area contributed by atoms with E-state index >= 15 is 0 Å². The third kappa shape index (κ3) is 3.85. The number of fused-ring (bicyclic) bond motifs is 1. The molecule has 3 rings (SSSR count). The summed E-state index contributed by atoms with van der Waals surface area (Å²) in [5.41, 5.74) is 1.56. The van der Waals surface area contributed by atoms with E-state index in [1.165, 1.54) is 4.57 Å². The van der Waals surface area contributed by atoms with Gasteiger partial charge in [-0.3, -0.25) is 14.2 Å². The largest absolute Gasteiger partial charge is 0.420 e. The predicted molar refractivity (Wildman–Crippen MR) is 101 cm³/mol. The van der Waals surface area contributed by atoms with Crippen LogP contribution in [0.25, 0.3) is 11.1 Å². The second-order valence-electron chi connectivity index (χ2n) is 5.65. The van der Waals surface area contributed by atoms with Crippen LogP contribution >= 0.6 is 15.9 Å². The average molecular weight is 418 g/mol. The molecule has 0 saturated heterocycles. The van der Waals surface area contributed by atoms with Crippen molar-refractivity contribution in [1.29, 1.82) is 0 Å². The maximum Gasteiger partial charge on any atom is 0.420 e. The summed E-state index contributed by atoms with van der Waals surface area (Å²) < 4.78 is 7.29. The highest BCUT2D eigenvalue weighted by Gasteiger charge is 2.21. The second kappa shape index (κ2) is 7.57. The van der Waals surface area contributed by atoms with Gasteiger partial charge in [-0.25, -0.2) is 4.79 Å². The van der Waals surface area contributed by atoms with Gasteiger partial charge in [-0.2, -0.15) is 0 Å². The Morgan fingerprint density at radius 3 is 2.58 bits per heavy atom. The molecule has 0 saturated carbocycles. The normalized spacial score (nSPS) is 11.9. The summed E-state index contributed by atoms with van der Waals surface area (Å²) >= 11 is 3.31. The molecule has 26 heavy (non-hydrogen) atoms. The molecule has 0 radical (unpaired) electrons. The minimum Gasteiger partial charge on any atom is -0.408 e. The maximum absolute atomic E-state index is 12.3. The molecular weight excluding hydrogens is 402 g/mol. The zero-order valence-electron chi connectivity index (χ0n) is 13.9. The summed E-state index contributed by atoms with van der Waals surface area (Å²) in [5, 5.41) is 5.21. The number of para-hydroxylation sites is 2. The number of carbonyl (C=O) groups excluding carboxylic acids is 2. The third-order valence-electron chi connectivity index (χ3n) is 3.84. The summed E-state index contributed by atoms with van der Waals surface area (Å²) in [5.74, 6) is -1.44. The van der Waals surface area contributed by atoms with Crippen molar-refractivity contribution in [1.82, 2.24) is 9.88 Å². The number of halogens is 1. The quantitative estimate of drug-likeness (QED) is 0.667. The summed E-state index contributed by atoms with van der Waals surface area (Å²) in [6.45, 7) is 1.37. The molecule has 0 aliphatic carbocycles. The van der Waals surface area contributed by atoms with E-state index in [1.807, 2.05) is 0 Å². The van der Waals surface area contributed by atoms with E-state index in [2.05, 4.69) is 26.6 Å². The predicted octanol–water partition coefficient (Wildman–Crippen LogP) is 2.67. The van der Waals surface area contributed by atoms with Crippen molar-refractivity contribution in [2.75, 3.05) is 11.9 Å². The summed E-state index contributed by atoms with van der Waals surface area (Å²) in [6.07, 6.45) is 0. The van der Waals surface area contributed by atoms with E-state index in [4.69, 9.17) is 4.42 Å². The first kappa shape index (κ1) is 17.9. The minimum absolute atomic E-state index is 0.205. The van der Waals surface area contributed by atoms with Gasteiger partial charge in [-0.05, 0) is 43.3 Å². The van der Waals surface area contributed by atoms with Crippen LogP contribution in [-0.2, 0) is 9.59 Å². The Labute approximate surface area is 157 Å². The highest BCUT2D eigenvalue weighted by atomic mass is 79.9. The van der Waals surface area contributed by atoms with Crippen LogP contribution < -0.4 is 16.4 Å². The van der Waals surface area contributed by atoms with Gasteiger partial charge in [0.05, 0.1) is 12.1 Å². The number of benzene rings is 2. The monoisotopic (exact) mass is 417 g/mol. The van der Waals surface area contributed by atoms with Gasteiger partial charge in [-0.15, -0.1) is 0 Å². The topological polar surface area (TPSA) is 93.3 Å². The number of hydrogen-bond acceptors (Lipinski definition) is 4. The first-order valence-corrected chi connectivity index (χ1v) is 8.68. The number of nitrogens with one attached hydrogen (secondary N) is 2. The van der Waals surface area contributed by atoms with E-state index < -0.39 is 17.7 Å². The van der Waals surface area contributed by atoms with Gasteiger partial charge in [0, 0.05) is 10.2 Å². The van der Waals surface area contributed by atoms with Crippen LogP contribution in [0.15, 0.2) is 62.2 Å². The van der Waals surface area contributed by atoms with Crippen LogP contribution in [0.4, 0.5) is 5.69 Å². The number of carbonyl (C=O) groups is 2. The van der Waals surface area contributed by atoms with E-state index in [0.29, 0.717) is 16.8 Å². The molecule has 1 aromatic heterocycles. The lowest BCUT2D eigenvalue weighted by Gasteiger charge is -2.13. The lowest BCUT2D eigenvalue weighted by molar-refractivity contribution is -0.126. The van der Waals surface area contributed by atoms with E-state index in [9.17, 15) is 14.4 Å². The standard InChI is InChI=1S/C18H16BrN3O4/c1-11(22-14-4-2-3-5-15(14)26-18(22)25)17(24)20-10-16(23)21-13-8-6-12(19)7-9-13/h2-9,11H,10H2,1H3,(H,20,24)(H,21,23). The van der Waals surface area contributed by atoms with Crippen LogP contribution in [-0.4, -0.2) is 22.9 Å². The number of hydrogen-bond donors (Lipinski definition) is 2. The van der Waals surface area contributed by atoms with Crippen LogP contribution in [0.3, 0.4) is 0 Å². The van der Waals surface area contributed by atoms with E-state index in [0.717, 1.165) is 4.47 Å². The third-order valence-corrected chi connectivity index (χ3v) is 4.37. The summed E-state index contributed by atoms with van der Waals surface area (Å²) in [7, 11) is 0. The lowest BCUT2D eigenvalue weighted by atomic mass is 10.2. The van der Waals surface area contributed by atoms with Crippen molar-refractivity contribution in [3.8, 4) is 0 Å². The molecule has 1 atom stereocenters. The van der Waals surface area contributed by atoms with Crippen molar-refractivity contribution in [2.45, 2.75) is 13.0 Å². The Morgan fingerprint density at radius 2 is 1.85 bits per heavy atom. The zero-order valence-corrected chi connectivity index (χ0v) is 15.4. The van der Waals surface area contributed by atoms with Crippen molar-refractivity contribution >= 4 is 44.5 Å². The van der Waals surface area contributed by atoms with Crippen LogP contribution in [0, 0.1) is 0 Å². The molecule has 1 unspecified atom stereocenters. The van der Waals surface area contributed by atoms with Gasteiger partial charge >= 0.3 is 5.76 Å². The van der Waals surface area contributed by atoms with E-state index in [-0.39, 0.29) is 12.5 Å². The molecule has 0 fully saturated rings. The molecule has 8 heteroatoms. The van der Waals surface area contributed by atoms with Crippen molar-refractivity contribution < 1.29 is 14.0 Å². The highest BCUT2D eigenvalue weighted by molar-refractivity contribution is 9.10. The second-order valence-corrected chi connectivity index (χ2v) is 6.57. The van der Waals surface area contributed by atoms with Gasteiger partial charge in [0.25, 0.3) is 0 Å². The average Bonchev–Trinajstić information content (AvgIpc) is 2.96. The number of aromatic nitrogens is 1. The first-order chi connectivity index (χ1) is 12.5. The Balaban J connectivity index is 1.64. The molecule has 3 aromatic rings. The van der Waals surface area contributed by atoms with E-state index in [1.54, 1.807) is 55.5 Å². The molecule has 0 aliphatic heterocycles. The molecule has 0 spiro atoms. The van der Waals surface area contributed by atoms with Crippen molar-refractivity contribution in [3.63, 3.8) is 0 Å². The fourth-order valence-electron chi connectivity index (χ4n) is 2.52. The number of anilines is 1. The van der Waals surface area contributed by atoms with Gasteiger partial charge < -0.3 is 15.1 Å². The fourth-order valence-corrected chi connectivity index (χ4v) is 2.79. The number of amides is 2. The molecule has 0 bridgehead atoms. The fraction of sp³-hybridized carbons (Fsp3) is 0.167. The van der Waals surface area contributed by atoms with Crippen LogP contribution in [0.5, 0.6) is 0 Å².